The fourth-order valence-corrected chi connectivity index (χ4v) is 2.86. The minimum absolute atomic E-state index is 0. The van der Waals surface area contributed by atoms with Crippen LogP contribution in [-0.4, -0.2) is 36.2 Å². The number of aliphatic hydroxyl groups is 1. The van der Waals surface area contributed by atoms with Gasteiger partial charge < -0.3 is 15.7 Å². The number of aliphatic hydroxyl groups excluding tert-OH is 1. The lowest BCUT2D eigenvalue weighted by molar-refractivity contribution is -0.125. The molecule has 1 aliphatic heterocycles. The van der Waals surface area contributed by atoms with Crippen LogP contribution >= 0.6 is 12.4 Å². The Kier molecular flexibility index (Phi) is 4.86. The molecule has 1 saturated carbocycles. The van der Waals surface area contributed by atoms with Crippen LogP contribution in [-0.2, 0) is 10.2 Å². The van der Waals surface area contributed by atoms with Gasteiger partial charge in [-0.05, 0) is 43.5 Å². The zero-order valence-corrected chi connectivity index (χ0v) is 12.5. The van der Waals surface area contributed by atoms with Gasteiger partial charge in [0.25, 0.3) is 0 Å². The standard InChI is InChI=1S/C15H19FN2O2.ClH/c16-11-3-1-10(2-4-11)15(6-7-15)14(20)18-12-5-8-17-9-13(12)19;/h1-4,12-13,17,19H,5-9H2,(H,18,20);1H/t12-,13-;/m1./s1. The molecule has 0 radical (unpaired) electrons. The molecule has 1 aromatic carbocycles. The van der Waals surface area contributed by atoms with Crippen molar-refractivity contribution in [2.75, 3.05) is 13.1 Å². The molecular formula is C15H20ClFN2O2. The van der Waals surface area contributed by atoms with E-state index in [1.165, 1.54) is 12.1 Å². The van der Waals surface area contributed by atoms with Gasteiger partial charge in [-0.15, -0.1) is 12.4 Å². The highest BCUT2D eigenvalue weighted by Crippen LogP contribution is 2.48. The van der Waals surface area contributed by atoms with E-state index in [-0.39, 0.29) is 30.2 Å². The summed E-state index contributed by atoms with van der Waals surface area (Å²) < 4.78 is 13.0. The Labute approximate surface area is 129 Å². The molecule has 3 rings (SSSR count). The smallest absolute Gasteiger partial charge is 0.230 e. The molecule has 1 amide bonds. The van der Waals surface area contributed by atoms with Crippen molar-refractivity contribution in [2.45, 2.75) is 36.8 Å². The van der Waals surface area contributed by atoms with E-state index in [1.54, 1.807) is 12.1 Å². The SMILES string of the molecule is Cl.O=C(N[C@@H]1CCNC[C@H]1O)C1(c2ccc(F)cc2)CC1. The molecule has 0 bridgehead atoms. The lowest BCUT2D eigenvalue weighted by Gasteiger charge is -2.30. The van der Waals surface area contributed by atoms with Crippen LogP contribution in [0.4, 0.5) is 4.39 Å². The summed E-state index contributed by atoms with van der Waals surface area (Å²) >= 11 is 0. The van der Waals surface area contributed by atoms with Crippen molar-refractivity contribution in [3.05, 3.63) is 35.6 Å². The zero-order valence-electron chi connectivity index (χ0n) is 11.6. The van der Waals surface area contributed by atoms with Gasteiger partial charge in [0.15, 0.2) is 0 Å². The summed E-state index contributed by atoms with van der Waals surface area (Å²) in [4.78, 5) is 12.5. The van der Waals surface area contributed by atoms with Gasteiger partial charge in [0.2, 0.25) is 5.91 Å². The van der Waals surface area contributed by atoms with Gasteiger partial charge in [0.05, 0.1) is 17.6 Å². The monoisotopic (exact) mass is 314 g/mol. The van der Waals surface area contributed by atoms with Gasteiger partial charge in [-0.1, -0.05) is 12.1 Å². The van der Waals surface area contributed by atoms with E-state index in [0.29, 0.717) is 6.54 Å². The third kappa shape index (κ3) is 3.20. The number of carbonyl (C=O) groups is 1. The number of nitrogens with one attached hydrogen (secondary N) is 2. The maximum atomic E-state index is 13.0. The fraction of sp³-hybridized carbons (Fsp3) is 0.533. The predicted molar refractivity (Wildman–Crippen MR) is 80.0 cm³/mol. The summed E-state index contributed by atoms with van der Waals surface area (Å²) in [5.41, 5.74) is 0.345. The number of benzene rings is 1. The van der Waals surface area contributed by atoms with Gasteiger partial charge in [-0.2, -0.15) is 0 Å². The van der Waals surface area contributed by atoms with Crippen LogP contribution in [0.3, 0.4) is 0 Å². The minimum Gasteiger partial charge on any atom is -0.390 e. The Morgan fingerprint density at radius 2 is 2.00 bits per heavy atom. The third-order valence-corrected chi connectivity index (χ3v) is 4.35. The number of rotatable bonds is 3. The number of hydrogen-bond acceptors (Lipinski definition) is 3. The van der Waals surface area contributed by atoms with Crippen LogP contribution in [0.15, 0.2) is 24.3 Å². The minimum atomic E-state index is -0.545. The van der Waals surface area contributed by atoms with Crippen molar-refractivity contribution < 1.29 is 14.3 Å². The molecule has 0 unspecified atom stereocenters. The molecule has 116 valence electrons. The lowest BCUT2D eigenvalue weighted by Crippen LogP contribution is -2.54. The number of hydrogen-bond donors (Lipinski definition) is 3. The molecule has 1 heterocycles. The predicted octanol–water partition coefficient (Wildman–Crippen LogP) is 1.12. The van der Waals surface area contributed by atoms with Crippen molar-refractivity contribution in [1.82, 2.24) is 10.6 Å². The molecular weight excluding hydrogens is 295 g/mol. The quantitative estimate of drug-likeness (QED) is 0.783. The van der Waals surface area contributed by atoms with Crippen molar-refractivity contribution >= 4 is 18.3 Å². The van der Waals surface area contributed by atoms with Gasteiger partial charge in [0, 0.05) is 6.54 Å². The van der Waals surface area contributed by atoms with E-state index in [2.05, 4.69) is 10.6 Å². The number of piperidine rings is 1. The summed E-state index contributed by atoms with van der Waals surface area (Å²) in [7, 11) is 0. The highest BCUT2D eigenvalue weighted by atomic mass is 35.5. The van der Waals surface area contributed by atoms with Gasteiger partial charge >= 0.3 is 0 Å². The topological polar surface area (TPSA) is 61.4 Å². The molecule has 2 atom stereocenters. The first-order valence-corrected chi connectivity index (χ1v) is 7.08. The number of amides is 1. The first-order chi connectivity index (χ1) is 9.62. The summed E-state index contributed by atoms with van der Waals surface area (Å²) in [6.07, 6.45) is 1.75. The second kappa shape index (κ2) is 6.30. The number of carbonyl (C=O) groups excluding carboxylic acids is 1. The summed E-state index contributed by atoms with van der Waals surface area (Å²) in [6, 6.07) is 5.95. The average molecular weight is 315 g/mol. The second-order valence-electron chi connectivity index (χ2n) is 5.73. The number of halogens is 2. The van der Waals surface area contributed by atoms with Crippen LogP contribution in [0.1, 0.15) is 24.8 Å². The molecule has 3 N–H and O–H groups in total. The summed E-state index contributed by atoms with van der Waals surface area (Å²) in [5, 5.41) is 15.9. The molecule has 1 aliphatic carbocycles. The molecule has 0 spiro atoms. The molecule has 0 aromatic heterocycles. The molecule has 4 nitrogen and oxygen atoms in total. The molecule has 2 aliphatic rings. The maximum Gasteiger partial charge on any atom is 0.230 e. The summed E-state index contributed by atoms with van der Waals surface area (Å²) in [6.45, 7) is 1.31. The van der Waals surface area contributed by atoms with E-state index in [9.17, 15) is 14.3 Å². The Balaban J connectivity index is 0.00000161. The second-order valence-corrected chi connectivity index (χ2v) is 5.73. The average Bonchev–Trinajstić information content (AvgIpc) is 3.24. The zero-order chi connectivity index (χ0) is 14.2. The van der Waals surface area contributed by atoms with Gasteiger partial charge in [-0.25, -0.2) is 4.39 Å². The highest BCUT2D eigenvalue weighted by Gasteiger charge is 2.51. The van der Waals surface area contributed by atoms with E-state index < -0.39 is 11.5 Å². The van der Waals surface area contributed by atoms with Crippen LogP contribution < -0.4 is 10.6 Å². The first kappa shape index (κ1) is 16.2. The molecule has 21 heavy (non-hydrogen) atoms. The van der Waals surface area contributed by atoms with E-state index >= 15 is 0 Å². The van der Waals surface area contributed by atoms with E-state index in [0.717, 1.165) is 31.4 Å². The van der Waals surface area contributed by atoms with Crippen molar-refractivity contribution in [3.63, 3.8) is 0 Å². The summed E-state index contributed by atoms with van der Waals surface area (Å²) in [5.74, 6) is -0.339. The van der Waals surface area contributed by atoms with Crippen molar-refractivity contribution in [3.8, 4) is 0 Å². The molecule has 2 fully saturated rings. The Morgan fingerprint density at radius 3 is 2.57 bits per heavy atom. The molecule has 1 aromatic rings. The molecule has 1 saturated heterocycles. The third-order valence-electron chi connectivity index (χ3n) is 4.35. The Hall–Kier alpha value is -1.17. The molecule has 6 heteroatoms. The lowest BCUT2D eigenvalue weighted by atomic mass is 9.93. The number of β-amino-alcohol motifs (C(OH)–C–C–N with tert-alkyl or cyclic N) is 1. The van der Waals surface area contributed by atoms with Crippen LogP contribution in [0, 0.1) is 5.82 Å². The van der Waals surface area contributed by atoms with Crippen molar-refractivity contribution in [1.29, 1.82) is 0 Å². The highest BCUT2D eigenvalue weighted by molar-refractivity contribution is 5.91. The largest absolute Gasteiger partial charge is 0.390 e. The first-order valence-electron chi connectivity index (χ1n) is 7.08. The Morgan fingerprint density at radius 1 is 1.33 bits per heavy atom. The van der Waals surface area contributed by atoms with Crippen LogP contribution in [0.5, 0.6) is 0 Å². The van der Waals surface area contributed by atoms with Crippen LogP contribution in [0.2, 0.25) is 0 Å². The maximum absolute atomic E-state index is 13.0. The van der Waals surface area contributed by atoms with Gasteiger partial charge in [-0.3, -0.25) is 4.79 Å². The Bertz CT molecular complexity index is 505. The normalized spacial score (nSPS) is 26.6. The van der Waals surface area contributed by atoms with Crippen LogP contribution in [0.25, 0.3) is 0 Å². The van der Waals surface area contributed by atoms with E-state index in [1.807, 2.05) is 0 Å². The van der Waals surface area contributed by atoms with Crippen molar-refractivity contribution in [2.24, 2.45) is 0 Å². The van der Waals surface area contributed by atoms with E-state index in [4.69, 9.17) is 0 Å². The van der Waals surface area contributed by atoms with Gasteiger partial charge in [0.1, 0.15) is 5.82 Å². The fourth-order valence-electron chi connectivity index (χ4n) is 2.86.